The second kappa shape index (κ2) is 6.04. The van der Waals surface area contributed by atoms with Gasteiger partial charge in [-0.1, -0.05) is 0 Å². The van der Waals surface area contributed by atoms with Crippen molar-refractivity contribution in [2.24, 2.45) is 5.92 Å². The van der Waals surface area contributed by atoms with E-state index < -0.39 is 11.9 Å². The minimum Gasteiger partial charge on any atom is -0.465 e. The molecule has 92 valence electrons. The minimum absolute atomic E-state index is 0.295. The van der Waals surface area contributed by atoms with Crippen molar-refractivity contribution in [1.82, 2.24) is 9.78 Å². The number of nitriles is 1. The van der Waals surface area contributed by atoms with Crippen LogP contribution in [0.3, 0.4) is 0 Å². The molecule has 0 fully saturated rings. The summed E-state index contributed by atoms with van der Waals surface area (Å²) in [6, 6.07) is 3.88. The summed E-state index contributed by atoms with van der Waals surface area (Å²) in [7, 11) is 0. The molecule has 1 rings (SSSR count). The Morgan fingerprint density at radius 3 is 2.88 bits per heavy atom. The number of ether oxygens (including phenoxy) is 1. The van der Waals surface area contributed by atoms with Crippen LogP contribution in [-0.4, -0.2) is 22.4 Å². The second-order valence-corrected chi connectivity index (χ2v) is 3.73. The fourth-order valence-electron chi connectivity index (χ4n) is 1.67. The van der Waals surface area contributed by atoms with Crippen LogP contribution in [0.25, 0.3) is 0 Å². The largest absolute Gasteiger partial charge is 0.465 e. The van der Waals surface area contributed by atoms with Crippen LogP contribution in [0.4, 0.5) is 0 Å². The van der Waals surface area contributed by atoms with E-state index in [1.54, 1.807) is 11.6 Å². The van der Waals surface area contributed by atoms with Crippen LogP contribution in [0.5, 0.6) is 0 Å². The third kappa shape index (κ3) is 3.31. The molecule has 1 aromatic heterocycles. The van der Waals surface area contributed by atoms with E-state index in [9.17, 15) is 4.79 Å². The van der Waals surface area contributed by atoms with Crippen molar-refractivity contribution in [3.63, 3.8) is 0 Å². The zero-order valence-corrected chi connectivity index (χ0v) is 10.4. The van der Waals surface area contributed by atoms with Crippen LogP contribution < -0.4 is 0 Å². The molecule has 5 heteroatoms. The lowest BCUT2D eigenvalue weighted by Crippen LogP contribution is -2.20. The highest BCUT2D eigenvalue weighted by molar-refractivity contribution is 5.75. The van der Waals surface area contributed by atoms with E-state index in [0.29, 0.717) is 13.0 Å². The molecule has 17 heavy (non-hydrogen) atoms. The Morgan fingerprint density at radius 1 is 1.65 bits per heavy atom. The summed E-state index contributed by atoms with van der Waals surface area (Å²) in [5.41, 5.74) is 1.78. The number of aromatic nitrogens is 2. The Balaban J connectivity index is 2.80. The van der Waals surface area contributed by atoms with Crippen LogP contribution in [0, 0.1) is 24.2 Å². The maximum atomic E-state index is 11.5. The van der Waals surface area contributed by atoms with Crippen LogP contribution in [0.15, 0.2) is 6.07 Å². The lowest BCUT2D eigenvalue weighted by molar-refractivity contribution is -0.146. The van der Waals surface area contributed by atoms with E-state index in [4.69, 9.17) is 10.00 Å². The van der Waals surface area contributed by atoms with E-state index in [2.05, 4.69) is 5.10 Å². The zero-order chi connectivity index (χ0) is 12.8. The summed E-state index contributed by atoms with van der Waals surface area (Å²) >= 11 is 0. The summed E-state index contributed by atoms with van der Waals surface area (Å²) < 4.78 is 6.66. The number of nitrogens with zero attached hydrogens (tertiary/aromatic N) is 3. The Labute approximate surface area is 101 Å². The highest BCUT2D eigenvalue weighted by atomic mass is 16.5. The van der Waals surface area contributed by atoms with Gasteiger partial charge in [0.2, 0.25) is 0 Å². The summed E-state index contributed by atoms with van der Waals surface area (Å²) in [6.07, 6.45) is 0.351. The molecule has 0 N–H and O–H groups in total. The maximum Gasteiger partial charge on any atom is 0.323 e. The van der Waals surface area contributed by atoms with Gasteiger partial charge in [0.1, 0.15) is 5.92 Å². The normalized spacial score (nSPS) is 11.9. The highest BCUT2D eigenvalue weighted by Crippen LogP contribution is 2.12. The van der Waals surface area contributed by atoms with Crippen molar-refractivity contribution in [2.75, 3.05) is 6.61 Å². The number of hydrogen-bond acceptors (Lipinski definition) is 4. The monoisotopic (exact) mass is 235 g/mol. The first kappa shape index (κ1) is 13.2. The standard InChI is InChI=1S/C12H17N3O2/c1-4-15-11(6-9(3)14-15)7-10(8-13)12(16)17-5-2/h6,10H,4-5,7H2,1-3H3. The number of aryl methyl sites for hydroxylation is 2. The first-order valence-electron chi connectivity index (χ1n) is 5.71. The molecular weight excluding hydrogens is 218 g/mol. The van der Waals surface area contributed by atoms with Crippen molar-refractivity contribution < 1.29 is 9.53 Å². The maximum absolute atomic E-state index is 11.5. The first-order valence-corrected chi connectivity index (χ1v) is 5.71. The number of carbonyl (C=O) groups is 1. The molecule has 0 radical (unpaired) electrons. The van der Waals surface area contributed by atoms with Gasteiger partial charge in [0.05, 0.1) is 18.4 Å². The van der Waals surface area contributed by atoms with Gasteiger partial charge in [0, 0.05) is 18.7 Å². The third-order valence-electron chi connectivity index (χ3n) is 2.43. The Bertz CT molecular complexity index is 431. The average Bonchev–Trinajstić information content (AvgIpc) is 2.66. The van der Waals surface area contributed by atoms with Gasteiger partial charge < -0.3 is 4.74 Å². The summed E-state index contributed by atoms with van der Waals surface area (Å²) in [6.45, 7) is 6.61. The Hall–Kier alpha value is -1.83. The lowest BCUT2D eigenvalue weighted by atomic mass is 10.1. The number of rotatable bonds is 5. The summed E-state index contributed by atoms with van der Waals surface area (Å²) in [4.78, 5) is 11.5. The molecule has 1 aromatic rings. The molecule has 0 saturated heterocycles. The van der Waals surface area contributed by atoms with Crippen molar-refractivity contribution >= 4 is 5.97 Å². The van der Waals surface area contributed by atoms with Crippen LogP contribution in [0.2, 0.25) is 0 Å². The summed E-state index contributed by atoms with van der Waals surface area (Å²) in [5, 5.41) is 13.3. The molecule has 0 aromatic carbocycles. The molecular formula is C12H17N3O2. The quantitative estimate of drug-likeness (QED) is 0.724. The molecule has 0 amide bonds. The van der Waals surface area contributed by atoms with Gasteiger partial charge in [-0.25, -0.2) is 0 Å². The average molecular weight is 235 g/mol. The van der Waals surface area contributed by atoms with Crippen LogP contribution in [0.1, 0.15) is 25.2 Å². The smallest absolute Gasteiger partial charge is 0.323 e. The van der Waals surface area contributed by atoms with E-state index in [1.165, 1.54) is 0 Å². The van der Waals surface area contributed by atoms with Gasteiger partial charge in [0.15, 0.2) is 0 Å². The fraction of sp³-hybridized carbons (Fsp3) is 0.583. The van der Waals surface area contributed by atoms with Gasteiger partial charge in [0.25, 0.3) is 0 Å². The molecule has 0 spiro atoms. The predicted octanol–water partition coefficient (Wildman–Crippen LogP) is 1.46. The molecule has 5 nitrogen and oxygen atoms in total. The number of esters is 1. The van der Waals surface area contributed by atoms with Gasteiger partial charge >= 0.3 is 5.97 Å². The fourth-order valence-corrected chi connectivity index (χ4v) is 1.67. The van der Waals surface area contributed by atoms with Crippen LogP contribution in [-0.2, 0) is 22.5 Å². The van der Waals surface area contributed by atoms with Crippen molar-refractivity contribution in [3.05, 3.63) is 17.5 Å². The summed E-state index contributed by atoms with van der Waals surface area (Å²) in [5.74, 6) is -1.21. The molecule has 1 atom stereocenters. The molecule has 0 bridgehead atoms. The number of carbonyl (C=O) groups excluding carboxylic acids is 1. The minimum atomic E-state index is -0.753. The first-order chi connectivity index (χ1) is 8.12. The van der Waals surface area contributed by atoms with Gasteiger partial charge in [-0.3, -0.25) is 9.48 Å². The van der Waals surface area contributed by atoms with E-state index in [1.807, 2.05) is 26.0 Å². The van der Waals surface area contributed by atoms with Crippen molar-refractivity contribution in [2.45, 2.75) is 33.7 Å². The van der Waals surface area contributed by atoms with E-state index in [0.717, 1.165) is 17.9 Å². The Morgan fingerprint density at radius 2 is 2.35 bits per heavy atom. The van der Waals surface area contributed by atoms with E-state index >= 15 is 0 Å². The topological polar surface area (TPSA) is 67.9 Å². The SMILES string of the molecule is CCOC(=O)C(C#N)Cc1cc(C)nn1CC. The lowest BCUT2D eigenvalue weighted by Gasteiger charge is -2.09. The second-order valence-electron chi connectivity index (χ2n) is 3.73. The number of hydrogen-bond donors (Lipinski definition) is 0. The van der Waals surface area contributed by atoms with Gasteiger partial charge in [-0.05, 0) is 26.8 Å². The molecule has 0 saturated carbocycles. The third-order valence-corrected chi connectivity index (χ3v) is 2.43. The predicted molar refractivity (Wildman–Crippen MR) is 62.1 cm³/mol. The van der Waals surface area contributed by atoms with Gasteiger partial charge in [-0.15, -0.1) is 0 Å². The molecule has 0 aliphatic heterocycles. The highest BCUT2D eigenvalue weighted by Gasteiger charge is 2.21. The van der Waals surface area contributed by atoms with Crippen LogP contribution >= 0.6 is 0 Å². The molecule has 1 unspecified atom stereocenters. The molecule has 0 aliphatic carbocycles. The zero-order valence-electron chi connectivity index (χ0n) is 10.4. The molecule has 1 heterocycles. The van der Waals surface area contributed by atoms with E-state index in [-0.39, 0.29) is 0 Å². The van der Waals surface area contributed by atoms with Crippen molar-refractivity contribution in [3.8, 4) is 6.07 Å². The Kier molecular flexibility index (Phi) is 4.70. The van der Waals surface area contributed by atoms with Gasteiger partial charge in [-0.2, -0.15) is 10.4 Å². The molecule has 0 aliphatic rings. The van der Waals surface area contributed by atoms with Crippen molar-refractivity contribution in [1.29, 1.82) is 5.26 Å².